The summed E-state index contributed by atoms with van der Waals surface area (Å²) in [5.74, 6) is 14.2. The van der Waals surface area contributed by atoms with Gasteiger partial charge in [0.05, 0.1) is 26.4 Å². The molecule has 0 aliphatic carbocycles. The first-order chi connectivity index (χ1) is 24.6. The number of fused-ring (bicyclic) bond motifs is 1. The number of nitrogens with one attached hydrogen (secondary N) is 3. The molecule has 50 heavy (non-hydrogen) atoms. The van der Waals surface area contributed by atoms with Crippen molar-refractivity contribution in [2.45, 2.75) is 166 Å². The molecule has 2 heterocycles. The number of hydrogen-bond acceptors (Lipinski definition) is 6. The van der Waals surface area contributed by atoms with Crippen LogP contribution in [-0.4, -0.2) is 74.3 Å². The van der Waals surface area contributed by atoms with E-state index in [1.54, 1.807) is 0 Å². The summed E-state index contributed by atoms with van der Waals surface area (Å²) in [6.07, 6.45) is 25.7. The zero-order valence-corrected chi connectivity index (χ0v) is 32.2. The van der Waals surface area contributed by atoms with Crippen LogP contribution in [0.2, 0.25) is 0 Å². The van der Waals surface area contributed by atoms with Crippen LogP contribution in [0.3, 0.4) is 0 Å². The van der Waals surface area contributed by atoms with Gasteiger partial charge in [-0.25, -0.2) is 0 Å². The van der Waals surface area contributed by atoms with Crippen molar-refractivity contribution in [3.05, 3.63) is 0 Å². The van der Waals surface area contributed by atoms with Gasteiger partial charge in [-0.2, -0.15) is 11.8 Å². The number of unbranched alkanes of at least 4 members (excludes halogenated alkanes) is 16. The Morgan fingerprint density at radius 2 is 1.20 bits per heavy atom. The molecule has 3 atom stereocenters. The van der Waals surface area contributed by atoms with E-state index in [0.29, 0.717) is 76.0 Å². The number of hydrogen-bond donors (Lipinski definition) is 3. The maximum atomic E-state index is 12.1. The zero-order chi connectivity index (χ0) is 35.7. The second kappa shape index (κ2) is 31.5. The van der Waals surface area contributed by atoms with Crippen molar-refractivity contribution in [1.29, 1.82) is 0 Å². The molecule has 0 bridgehead atoms. The third-order valence-electron chi connectivity index (χ3n) is 9.50. The Balaban J connectivity index is 1.24. The molecular weight excluding hydrogens is 647 g/mol. The molecule has 3 amide bonds. The van der Waals surface area contributed by atoms with Gasteiger partial charge in [0.2, 0.25) is 17.7 Å². The second-order valence-corrected chi connectivity index (χ2v) is 15.2. The highest BCUT2D eigenvalue weighted by Crippen LogP contribution is 2.40. The van der Waals surface area contributed by atoms with E-state index in [2.05, 4.69) is 46.6 Å². The SMILES string of the molecule is CCCCCCCCCCCCC#CC#CCCCCCCCCC(=O)NCCOCCOCCNC(=O)CCCC1SCC2NC(=O)CC21. The first-order valence-electron chi connectivity index (χ1n) is 20.2. The third-order valence-corrected chi connectivity index (χ3v) is 11.1. The van der Waals surface area contributed by atoms with Crippen LogP contribution in [0.5, 0.6) is 0 Å². The topological polar surface area (TPSA) is 106 Å². The van der Waals surface area contributed by atoms with Crippen molar-refractivity contribution in [3.8, 4) is 23.7 Å². The minimum absolute atomic E-state index is 0.0490. The average Bonchev–Trinajstić information content (AvgIpc) is 3.66. The van der Waals surface area contributed by atoms with Crippen LogP contribution >= 0.6 is 11.8 Å². The van der Waals surface area contributed by atoms with Crippen LogP contribution < -0.4 is 16.0 Å². The summed E-state index contributed by atoms with van der Waals surface area (Å²) in [5.41, 5.74) is 0. The molecule has 0 spiro atoms. The fourth-order valence-electron chi connectivity index (χ4n) is 6.54. The molecule has 0 aromatic heterocycles. The summed E-state index contributed by atoms with van der Waals surface area (Å²) in [5, 5.41) is 9.36. The van der Waals surface area contributed by atoms with Gasteiger partial charge in [-0.1, -0.05) is 102 Å². The minimum Gasteiger partial charge on any atom is -0.377 e. The molecular formula is C41H69N3O5S. The summed E-state index contributed by atoms with van der Waals surface area (Å²) in [7, 11) is 0. The van der Waals surface area contributed by atoms with E-state index in [4.69, 9.17) is 9.47 Å². The monoisotopic (exact) mass is 715 g/mol. The third kappa shape index (κ3) is 24.1. The fourth-order valence-corrected chi connectivity index (χ4v) is 8.19. The summed E-state index contributed by atoms with van der Waals surface area (Å²) >= 11 is 1.93. The number of rotatable bonds is 31. The van der Waals surface area contributed by atoms with Crippen LogP contribution in [0.15, 0.2) is 0 Å². The lowest BCUT2D eigenvalue weighted by molar-refractivity contribution is -0.122. The van der Waals surface area contributed by atoms with Crippen molar-refractivity contribution in [2.24, 2.45) is 5.92 Å². The van der Waals surface area contributed by atoms with Gasteiger partial charge in [0.15, 0.2) is 0 Å². The van der Waals surface area contributed by atoms with E-state index in [0.717, 1.165) is 57.1 Å². The van der Waals surface area contributed by atoms with Gasteiger partial charge in [0.25, 0.3) is 0 Å². The van der Waals surface area contributed by atoms with Crippen molar-refractivity contribution in [1.82, 2.24) is 16.0 Å². The van der Waals surface area contributed by atoms with Gasteiger partial charge in [-0.3, -0.25) is 14.4 Å². The quantitative estimate of drug-likeness (QED) is 0.0508. The molecule has 2 saturated heterocycles. The van der Waals surface area contributed by atoms with Gasteiger partial charge >= 0.3 is 0 Å². The standard InChI is InChI=1S/C41H69N3O5S/c1-2-3-4-5-6-7-8-9-10-11-12-13-14-15-16-17-18-19-20-21-22-23-26-39(45)42-28-30-48-32-33-49-31-29-43-40(46)27-24-25-38-36-34-41(47)44-37(36)35-50-38/h36-38H,2-12,17-35H2,1H3,(H,42,45)(H,43,46)(H,44,47). The van der Waals surface area contributed by atoms with Crippen LogP contribution in [0.1, 0.15) is 155 Å². The predicted molar refractivity (Wildman–Crippen MR) is 207 cm³/mol. The van der Waals surface area contributed by atoms with Crippen molar-refractivity contribution in [2.75, 3.05) is 45.3 Å². The van der Waals surface area contributed by atoms with Crippen LogP contribution in [-0.2, 0) is 23.9 Å². The van der Waals surface area contributed by atoms with Gasteiger partial charge in [-0.15, -0.1) is 0 Å². The smallest absolute Gasteiger partial charge is 0.220 e. The molecule has 2 fully saturated rings. The van der Waals surface area contributed by atoms with Gasteiger partial charge in [-0.05, 0) is 43.9 Å². The molecule has 8 nitrogen and oxygen atoms in total. The Labute approximate surface area is 309 Å². The largest absolute Gasteiger partial charge is 0.377 e. The van der Waals surface area contributed by atoms with E-state index < -0.39 is 0 Å². The fraction of sp³-hybridized carbons (Fsp3) is 0.829. The lowest BCUT2D eigenvalue weighted by Crippen LogP contribution is -2.29. The Hall–Kier alpha value is -2.20. The van der Waals surface area contributed by atoms with Gasteiger partial charge in [0.1, 0.15) is 0 Å². The Morgan fingerprint density at radius 1 is 0.700 bits per heavy atom. The highest BCUT2D eigenvalue weighted by molar-refractivity contribution is 8.00. The molecule has 2 aliphatic heterocycles. The molecule has 2 aliphatic rings. The Morgan fingerprint density at radius 3 is 1.76 bits per heavy atom. The molecule has 0 saturated carbocycles. The molecule has 0 aromatic carbocycles. The number of ether oxygens (including phenoxy) is 2. The molecule has 9 heteroatoms. The number of carbonyl (C=O) groups is 3. The molecule has 0 aromatic rings. The van der Waals surface area contributed by atoms with Gasteiger partial charge in [0, 0.05) is 68.2 Å². The molecule has 2 rings (SSSR count). The van der Waals surface area contributed by atoms with Crippen LogP contribution in [0.25, 0.3) is 0 Å². The first-order valence-corrected chi connectivity index (χ1v) is 21.2. The zero-order valence-electron chi connectivity index (χ0n) is 31.4. The lowest BCUT2D eigenvalue weighted by atomic mass is 9.94. The average molecular weight is 716 g/mol. The van der Waals surface area contributed by atoms with Gasteiger partial charge < -0.3 is 25.4 Å². The van der Waals surface area contributed by atoms with E-state index in [1.807, 2.05) is 11.8 Å². The summed E-state index contributed by atoms with van der Waals surface area (Å²) in [6, 6.07) is 0.332. The van der Waals surface area contributed by atoms with Crippen molar-refractivity contribution < 1.29 is 23.9 Å². The highest BCUT2D eigenvalue weighted by Gasteiger charge is 2.42. The highest BCUT2D eigenvalue weighted by atomic mass is 32.2. The second-order valence-electron chi connectivity index (χ2n) is 13.9. The molecule has 284 valence electrons. The molecule has 3 N–H and O–H groups in total. The van der Waals surface area contributed by atoms with Crippen molar-refractivity contribution in [3.63, 3.8) is 0 Å². The Bertz CT molecular complexity index is 1030. The minimum atomic E-state index is 0.0490. The number of amides is 3. The summed E-state index contributed by atoms with van der Waals surface area (Å²) < 4.78 is 11.1. The van der Waals surface area contributed by atoms with Crippen LogP contribution in [0, 0.1) is 29.6 Å². The maximum Gasteiger partial charge on any atom is 0.220 e. The van der Waals surface area contributed by atoms with Crippen molar-refractivity contribution >= 4 is 29.5 Å². The normalized spacial score (nSPS) is 17.7. The summed E-state index contributed by atoms with van der Waals surface area (Å²) in [4.78, 5) is 35.7. The first kappa shape index (κ1) is 44.0. The molecule has 3 unspecified atom stereocenters. The maximum absolute atomic E-state index is 12.1. The Kier molecular flexibility index (Phi) is 27.7. The lowest BCUT2D eigenvalue weighted by Gasteiger charge is -2.15. The number of carbonyl (C=O) groups excluding carboxylic acids is 3. The summed E-state index contributed by atoms with van der Waals surface area (Å²) in [6.45, 7) is 5.09. The number of thioether (sulfide) groups is 1. The molecule has 0 radical (unpaired) electrons. The van der Waals surface area contributed by atoms with E-state index in [1.165, 1.54) is 77.0 Å². The van der Waals surface area contributed by atoms with E-state index >= 15 is 0 Å². The van der Waals surface area contributed by atoms with E-state index in [-0.39, 0.29) is 17.7 Å². The van der Waals surface area contributed by atoms with E-state index in [9.17, 15) is 14.4 Å². The predicted octanol–water partition coefficient (Wildman–Crippen LogP) is 7.48. The van der Waals surface area contributed by atoms with Crippen LogP contribution in [0.4, 0.5) is 0 Å².